The Hall–Kier alpha value is -4.01. The molecule has 0 saturated heterocycles. The summed E-state index contributed by atoms with van der Waals surface area (Å²) in [6.45, 7) is 0.533. The Morgan fingerprint density at radius 2 is 1.36 bits per heavy atom. The van der Waals surface area contributed by atoms with Crippen molar-refractivity contribution in [3.8, 4) is 5.75 Å². The average molecular weight is 631 g/mol. The molecule has 2 N–H and O–H groups in total. The molecule has 0 aromatic heterocycles. The second-order valence-electron chi connectivity index (χ2n) is 10.1. The van der Waals surface area contributed by atoms with Crippen molar-refractivity contribution < 1.29 is 28.0 Å². The number of amides is 1. The van der Waals surface area contributed by atoms with Crippen LogP contribution in [0, 0.1) is 0 Å². The highest BCUT2D eigenvalue weighted by Crippen LogP contribution is 2.54. The van der Waals surface area contributed by atoms with Gasteiger partial charge < -0.3 is 19.5 Å². The average Bonchev–Trinajstić information content (AvgIpc) is 3.03. The van der Waals surface area contributed by atoms with E-state index in [4.69, 9.17) is 13.8 Å². The first-order chi connectivity index (χ1) is 21.4. The normalized spacial score (nSPS) is 13.3. The van der Waals surface area contributed by atoms with Crippen LogP contribution in [0.1, 0.15) is 36.8 Å². The van der Waals surface area contributed by atoms with Crippen molar-refractivity contribution in [3.05, 3.63) is 125 Å². The second kappa shape index (κ2) is 15.1. The molecule has 4 aromatic carbocycles. The zero-order valence-electron chi connectivity index (χ0n) is 24.4. The largest absolute Gasteiger partial charge is 0.527 e. The number of nitrogens with one attached hydrogen (secondary N) is 1. The third kappa shape index (κ3) is 8.33. The van der Waals surface area contributed by atoms with Gasteiger partial charge in [0.15, 0.2) is 5.09 Å². The van der Waals surface area contributed by atoms with E-state index in [9.17, 15) is 14.3 Å². The lowest BCUT2D eigenvalue weighted by molar-refractivity contribution is 0.181. The standard InChI is InChI=1S/C34H35N2O6PS/c1-36-30-22-12-10-20-28(30)32(29-21-11-13-23-31(29)36)33(44-27-18-8-5-9-19-27)42-43(38,39)40-25-15-3-2-14-24-35-34(37)41-26-16-6-4-7-17-26/h4-13,16-23H,2-3,14-15,24-25H2,1H3,(H,35,37)(H,38,39). The molecule has 1 aliphatic heterocycles. The van der Waals surface area contributed by atoms with E-state index in [2.05, 4.69) is 10.2 Å². The van der Waals surface area contributed by atoms with Crippen LogP contribution < -0.4 is 15.0 Å². The summed E-state index contributed by atoms with van der Waals surface area (Å²) in [5, 5.41) is 3.02. The summed E-state index contributed by atoms with van der Waals surface area (Å²) in [6, 6.07) is 34.4. The summed E-state index contributed by atoms with van der Waals surface area (Å²) in [5.74, 6) is 0.489. The number of rotatable bonds is 13. The lowest BCUT2D eigenvalue weighted by atomic mass is 9.91. The third-order valence-corrected chi connectivity index (χ3v) is 9.00. The number of thioether (sulfide) groups is 1. The topological polar surface area (TPSA) is 97.3 Å². The van der Waals surface area contributed by atoms with Crippen LogP contribution in [0.3, 0.4) is 0 Å². The number of anilines is 2. The number of phosphoric ester groups is 1. The third-order valence-electron chi connectivity index (χ3n) is 6.97. The first-order valence-corrected chi connectivity index (χ1v) is 16.8. The maximum Gasteiger partial charge on any atom is 0.527 e. The Morgan fingerprint density at radius 1 is 0.795 bits per heavy atom. The van der Waals surface area contributed by atoms with Crippen molar-refractivity contribution in [2.24, 2.45) is 0 Å². The van der Waals surface area contributed by atoms with E-state index in [1.165, 1.54) is 11.8 Å². The molecule has 0 spiro atoms. The second-order valence-corrected chi connectivity index (χ2v) is 12.5. The van der Waals surface area contributed by atoms with E-state index in [0.717, 1.165) is 52.2 Å². The number of para-hydroxylation sites is 3. The number of benzene rings is 4. The van der Waals surface area contributed by atoms with Crippen molar-refractivity contribution in [2.45, 2.75) is 30.6 Å². The Balaban J connectivity index is 1.21. The van der Waals surface area contributed by atoms with Gasteiger partial charge in [0, 0.05) is 46.6 Å². The molecule has 0 fully saturated rings. The number of carbonyl (C=O) groups is 1. The molecule has 0 aliphatic carbocycles. The molecule has 228 valence electrons. The van der Waals surface area contributed by atoms with Gasteiger partial charge in [0.25, 0.3) is 0 Å². The van der Waals surface area contributed by atoms with Crippen LogP contribution in [0.4, 0.5) is 16.2 Å². The molecule has 1 atom stereocenters. The van der Waals surface area contributed by atoms with Crippen LogP contribution in [0.25, 0.3) is 5.57 Å². The fraction of sp³-hybridized carbons (Fsp3) is 0.206. The summed E-state index contributed by atoms with van der Waals surface area (Å²) >= 11 is 1.29. The van der Waals surface area contributed by atoms with Gasteiger partial charge in [0.05, 0.1) is 6.61 Å². The van der Waals surface area contributed by atoms with E-state index in [0.29, 0.717) is 23.8 Å². The van der Waals surface area contributed by atoms with Gasteiger partial charge in [0.1, 0.15) is 5.75 Å². The number of nitrogens with zero attached hydrogens (tertiary/aromatic N) is 1. The van der Waals surface area contributed by atoms with Crippen LogP contribution in [0.2, 0.25) is 0 Å². The zero-order valence-corrected chi connectivity index (χ0v) is 26.1. The van der Waals surface area contributed by atoms with Crippen molar-refractivity contribution in [1.82, 2.24) is 5.32 Å². The van der Waals surface area contributed by atoms with Crippen molar-refractivity contribution in [3.63, 3.8) is 0 Å². The number of ether oxygens (including phenoxy) is 1. The van der Waals surface area contributed by atoms with E-state index in [1.54, 1.807) is 24.3 Å². The minimum Gasteiger partial charge on any atom is -0.410 e. The van der Waals surface area contributed by atoms with Gasteiger partial charge >= 0.3 is 13.9 Å². The minimum absolute atomic E-state index is 0.0613. The van der Waals surface area contributed by atoms with Gasteiger partial charge in [0.2, 0.25) is 0 Å². The maximum atomic E-state index is 13.3. The number of fused-ring (bicyclic) bond motifs is 2. The highest BCUT2D eigenvalue weighted by molar-refractivity contribution is 8.03. The zero-order chi connectivity index (χ0) is 30.8. The molecule has 1 aliphatic rings. The number of carbonyl (C=O) groups excluding carboxylic acids is 1. The highest BCUT2D eigenvalue weighted by atomic mass is 32.2. The van der Waals surface area contributed by atoms with Crippen LogP contribution in [-0.2, 0) is 13.6 Å². The molecule has 0 bridgehead atoms. The van der Waals surface area contributed by atoms with E-state index >= 15 is 0 Å². The Labute approximate surface area is 262 Å². The van der Waals surface area contributed by atoms with Crippen LogP contribution in [0.15, 0.2) is 119 Å². The van der Waals surface area contributed by atoms with E-state index < -0.39 is 13.9 Å². The van der Waals surface area contributed by atoms with Gasteiger partial charge in [-0.15, -0.1) is 0 Å². The summed E-state index contributed by atoms with van der Waals surface area (Å²) < 4.78 is 29.8. The number of hydrogen-bond donors (Lipinski definition) is 2. The van der Waals surface area contributed by atoms with Crippen LogP contribution >= 0.6 is 19.6 Å². The first kappa shape index (κ1) is 31.4. The van der Waals surface area contributed by atoms with Gasteiger partial charge in [-0.05, 0) is 49.2 Å². The van der Waals surface area contributed by atoms with Gasteiger partial charge in [-0.1, -0.05) is 97.4 Å². The molecule has 1 heterocycles. The van der Waals surface area contributed by atoms with Crippen molar-refractivity contribution >= 4 is 42.6 Å². The summed E-state index contributed by atoms with van der Waals surface area (Å²) in [7, 11) is -2.46. The van der Waals surface area contributed by atoms with E-state index in [-0.39, 0.29) is 6.61 Å². The molecular formula is C34H35N2O6PS. The molecule has 44 heavy (non-hydrogen) atoms. The molecule has 8 nitrogen and oxygen atoms in total. The van der Waals surface area contributed by atoms with Crippen molar-refractivity contribution in [1.29, 1.82) is 0 Å². The van der Waals surface area contributed by atoms with Gasteiger partial charge in [-0.2, -0.15) is 0 Å². The monoisotopic (exact) mass is 630 g/mol. The first-order valence-electron chi connectivity index (χ1n) is 14.5. The molecule has 1 unspecified atom stereocenters. The smallest absolute Gasteiger partial charge is 0.410 e. The molecular weight excluding hydrogens is 595 g/mol. The molecule has 0 radical (unpaired) electrons. The Kier molecular flexibility index (Phi) is 10.8. The van der Waals surface area contributed by atoms with Gasteiger partial charge in [-0.25, -0.2) is 9.36 Å². The molecule has 5 rings (SSSR count). The predicted octanol–water partition coefficient (Wildman–Crippen LogP) is 8.76. The van der Waals surface area contributed by atoms with Gasteiger partial charge in [-0.3, -0.25) is 9.42 Å². The summed E-state index contributed by atoms with van der Waals surface area (Å²) in [6.07, 6.45) is 2.39. The Bertz CT molecular complexity index is 1580. The fourth-order valence-corrected chi connectivity index (χ4v) is 6.85. The lowest BCUT2D eigenvalue weighted by Crippen LogP contribution is -2.27. The minimum atomic E-state index is -4.47. The molecule has 1 amide bonds. The Morgan fingerprint density at radius 3 is 2.02 bits per heavy atom. The molecule has 10 heteroatoms. The highest BCUT2D eigenvalue weighted by Gasteiger charge is 2.32. The quantitative estimate of drug-likeness (QED) is 0.0655. The van der Waals surface area contributed by atoms with Crippen LogP contribution in [-0.4, -0.2) is 31.2 Å². The number of unbranched alkanes of at least 4 members (excludes halogenated alkanes) is 3. The summed E-state index contributed by atoms with van der Waals surface area (Å²) in [5.41, 5.74) is 4.46. The summed E-state index contributed by atoms with van der Waals surface area (Å²) in [4.78, 5) is 25.7. The number of hydrogen-bond acceptors (Lipinski definition) is 7. The molecule has 4 aromatic rings. The van der Waals surface area contributed by atoms with E-state index in [1.807, 2.05) is 92.0 Å². The molecule has 0 saturated carbocycles. The van der Waals surface area contributed by atoms with Crippen molar-refractivity contribution in [2.75, 3.05) is 25.1 Å². The lowest BCUT2D eigenvalue weighted by Gasteiger charge is -2.32. The SMILES string of the molecule is CN1c2ccccc2C(=C(OP(=O)(O)OCCCCCCNC(=O)Oc2ccccc2)Sc2ccccc2)c2ccccc21. The maximum absolute atomic E-state index is 13.3. The van der Waals surface area contributed by atoms with Crippen LogP contribution in [0.5, 0.6) is 5.75 Å². The number of phosphoric acid groups is 1. The fourth-order valence-electron chi connectivity index (χ4n) is 4.87. The predicted molar refractivity (Wildman–Crippen MR) is 175 cm³/mol.